The average molecular weight is 329 g/mol. The maximum atomic E-state index is 6.22. The highest BCUT2D eigenvalue weighted by Crippen LogP contribution is 2.35. The number of halogens is 2. The molecule has 1 N–H and O–H groups in total. The summed E-state index contributed by atoms with van der Waals surface area (Å²) in [6.45, 7) is 1.99. The minimum absolute atomic E-state index is 0.699. The summed E-state index contributed by atoms with van der Waals surface area (Å²) in [6.07, 6.45) is 1.73. The van der Waals surface area contributed by atoms with E-state index in [1.54, 1.807) is 17.5 Å². The standard InChI is InChI=1S/C11H7BrClN3S/c1-5-4-17-9(8(5)13)11-15-7-2-6(12)3-14-10(7)16-11/h2-4H,1H3,(H,14,15,16). The Hall–Kier alpha value is -0.910. The SMILES string of the molecule is Cc1csc(-c2nc3ncc(Br)cc3[nH]2)c1Cl. The van der Waals surface area contributed by atoms with Crippen LogP contribution in [0.1, 0.15) is 5.56 Å². The molecule has 0 aliphatic heterocycles. The van der Waals surface area contributed by atoms with Crippen LogP contribution in [0.25, 0.3) is 21.9 Å². The third kappa shape index (κ3) is 1.88. The van der Waals surface area contributed by atoms with Gasteiger partial charge in [0.05, 0.1) is 15.4 Å². The lowest BCUT2D eigenvalue weighted by molar-refractivity contribution is 1.31. The van der Waals surface area contributed by atoms with Crippen molar-refractivity contribution in [3.05, 3.63) is 32.7 Å². The van der Waals surface area contributed by atoms with Gasteiger partial charge in [-0.05, 0) is 39.9 Å². The summed E-state index contributed by atoms with van der Waals surface area (Å²) in [4.78, 5) is 12.9. The zero-order valence-electron chi connectivity index (χ0n) is 8.79. The molecule has 0 bridgehead atoms. The molecular formula is C11H7BrClN3S. The van der Waals surface area contributed by atoms with Crippen LogP contribution >= 0.6 is 38.9 Å². The smallest absolute Gasteiger partial charge is 0.178 e. The number of rotatable bonds is 1. The Kier molecular flexibility index (Phi) is 2.69. The molecule has 0 fully saturated rings. The van der Waals surface area contributed by atoms with Crippen LogP contribution in [0, 0.1) is 6.92 Å². The Balaban J connectivity index is 2.21. The largest absolute Gasteiger partial charge is 0.336 e. The molecule has 0 saturated heterocycles. The Bertz CT molecular complexity index is 704. The van der Waals surface area contributed by atoms with Gasteiger partial charge in [0.15, 0.2) is 11.5 Å². The molecule has 3 aromatic heterocycles. The van der Waals surface area contributed by atoms with Crippen molar-refractivity contribution in [3.63, 3.8) is 0 Å². The van der Waals surface area contributed by atoms with Crippen LogP contribution in [0.15, 0.2) is 22.1 Å². The molecule has 3 heterocycles. The van der Waals surface area contributed by atoms with Crippen molar-refractivity contribution in [1.29, 1.82) is 0 Å². The highest BCUT2D eigenvalue weighted by molar-refractivity contribution is 9.10. The van der Waals surface area contributed by atoms with Gasteiger partial charge < -0.3 is 4.98 Å². The molecule has 0 unspecified atom stereocenters. The van der Waals surface area contributed by atoms with Crippen molar-refractivity contribution in [2.45, 2.75) is 6.92 Å². The third-order valence-corrected chi connectivity index (χ3v) is 4.56. The first-order valence-electron chi connectivity index (χ1n) is 4.90. The first-order valence-corrected chi connectivity index (χ1v) is 6.95. The van der Waals surface area contributed by atoms with Crippen molar-refractivity contribution in [3.8, 4) is 10.7 Å². The van der Waals surface area contributed by atoms with Crippen LogP contribution in [0.4, 0.5) is 0 Å². The van der Waals surface area contributed by atoms with E-state index >= 15 is 0 Å². The number of aromatic amines is 1. The van der Waals surface area contributed by atoms with Gasteiger partial charge in [0, 0.05) is 10.7 Å². The molecule has 17 heavy (non-hydrogen) atoms. The number of fused-ring (bicyclic) bond motifs is 1. The number of nitrogens with zero attached hydrogens (tertiary/aromatic N) is 2. The summed E-state index contributed by atoms with van der Waals surface area (Å²) in [5, 5.41) is 2.78. The number of nitrogens with one attached hydrogen (secondary N) is 1. The topological polar surface area (TPSA) is 41.6 Å². The van der Waals surface area contributed by atoms with Gasteiger partial charge in [-0.15, -0.1) is 11.3 Å². The molecule has 6 heteroatoms. The van der Waals surface area contributed by atoms with Crippen LogP contribution in [0.2, 0.25) is 5.02 Å². The molecule has 0 amide bonds. The Labute approximate surface area is 115 Å². The van der Waals surface area contributed by atoms with E-state index in [1.165, 1.54) is 0 Å². The Morgan fingerprint density at radius 2 is 2.29 bits per heavy atom. The van der Waals surface area contributed by atoms with Gasteiger partial charge in [-0.25, -0.2) is 9.97 Å². The zero-order chi connectivity index (χ0) is 12.0. The number of H-pyrrole nitrogens is 1. The minimum Gasteiger partial charge on any atom is -0.336 e. The molecule has 3 rings (SSSR count). The molecule has 0 radical (unpaired) electrons. The molecule has 0 aromatic carbocycles. The fourth-order valence-electron chi connectivity index (χ4n) is 1.57. The van der Waals surface area contributed by atoms with Gasteiger partial charge in [-0.1, -0.05) is 11.6 Å². The number of hydrogen-bond acceptors (Lipinski definition) is 3. The zero-order valence-corrected chi connectivity index (χ0v) is 11.9. The number of thiophene rings is 1. The molecule has 0 aliphatic rings. The van der Waals surface area contributed by atoms with Crippen molar-refractivity contribution in [1.82, 2.24) is 15.0 Å². The van der Waals surface area contributed by atoms with Crippen LogP contribution in [-0.2, 0) is 0 Å². The lowest BCUT2D eigenvalue weighted by atomic mass is 10.3. The van der Waals surface area contributed by atoms with Crippen LogP contribution in [-0.4, -0.2) is 15.0 Å². The molecule has 0 aliphatic carbocycles. The predicted octanol–water partition coefficient (Wildman–Crippen LogP) is 4.41. The van der Waals surface area contributed by atoms with Gasteiger partial charge in [0.1, 0.15) is 0 Å². The molecule has 86 valence electrons. The Morgan fingerprint density at radius 1 is 1.47 bits per heavy atom. The van der Waals surface area contributed by atoms with E-state index in [0.717, 1.165) is 31.3 Å². The summed E-state index contributed by atoms with van der Waals surface area (Å²) >= 11 is 11.2. The highest BCUT2D eigenvalue weighted by atomic mass is 79.9. The number of pyridine rings is 1. The molecule has 0 saturated carbocycles. The lowest BCUT2D eigenvalue weighted by Gasteiger charge is -1.91. The van der Waals surface area contributed by atoms with Gasteiger partial charge in [0.2, 0.25) is 0 Å². The molecule has 0 atom stereocenters. The second-order valence-electron chi connectivity index (χ2n) is 3.67. The highest BCUT2D eigenvalue weighted by Gasteiger charge is 2.13. The number of hydrogen-bond donors (Lipinski definition) is 1. The maximum absolute atomic E-state index is 6.22. The number of aromatic nitrogens is 3. The van der Waals surface area contributed by atoms with Gasteiger partial charge >= 0.3 is 0 Å². The maximum Gasteiger partial charge on any atom is 0.178 e. The molecule has 3 nitrogen and oxygen atoms in total. The monoisotopic (exact) mass is 327 g/mol. The average Bonchev–Trinajstić information content (AvgIpc) is 2.83. The van der Waals surface area contributed by atoms with E-state index in [1.807, 2.05) is 18.4 Å². The van der Waals surface area contributed by atoms with Crippen molar-refractivity contribution >= 4 is 50.0 Å². The molecular weight excluding hydrogens is 322 g/mol. The van der Waals surface area contributed by atoms with Crippen molar-refractivity contribution < 1.29 is 0 Å². The normalized spacial score (nSPS) is 11.2. The van der Waals surface area contributed by atoms with Crippen molar-refractivity contribution in [2.24, 2.45) is 0 Å². The molecule has 3 aromatic rings. The van der Waals surface area contributed by atoms with E-state index in [2.05, 4.69) is 30.9 Å². The summed E-state index contributed by atoms with van der Waals surface area (Å²) in [7, 11) is 0. The summed E-state index contributed by atoms with van der Waals surface area (Å²) < 4.78 is 0.925. The number of aryl methyl sites for hydroxylation is 1. The van der Waals surface area contributed by atoms with E-state index in [9.17, 15) is 0 Å². The van der Waals surface area contributed by atoms with Gasteiger partial charge in [-0.2, -0.15) is 0 Å². The molecule has 0 spiro atoms. The predicted molar refractivity (Wildman–Crippen MR) is 74.6 cm³/mol. The van der Waals surface area contributed by atoms with Crippen molar-refractivity contribution in [2.75, 3.05) is 0 Å². The summed E-state index contributed by atoms with van der Waals surface area (Å²) in [6, 6.07) is 1.95. The van der Waals surface area contributed by atoms with Crippen LogP contribution < -0.4 is 0 Å². The minimum atomic E-state index is 0.699. The van der Waals surface area contributed by atoms with E-state index in [0.29, 0.717) is 5.65 Å². The quantitative estimate of drug-likeness (QED) is 0.719. The van der Waals surface area contributed by atoms with Gasteiger partial charge in [0.25, 0.3) is 0 Å². The van der Waals surface area contributed by atoms with Gasteiger partial charge in [-0.3, -0.25) is 0 Å². The first-order chi connectivity index (χ1) is 8.15. The Morgan fingerprint density at radius 3 is 3.00 bits per heavy atom. The summed E-state index contributed by atoms with van der Waals surface area (Å²) in [5.74, 6) is 0.772. The van der Waals surface area contributed by atoms with Crippen LogP contribution in [0.5, 0.6) is 0 Å². The van der Waals surface area contributed by atoms with Crippen LogP contribution in [0.3, 0.4) is 0 Å². The second kappa shape index (κ2) is 4.08. The second-order valence-corrected chi connectivity index (χ2v) is 5.85. The fourth-order valence-corrected chi connectivity index (χ4v) is 3.13. The third-order valence-electron chi connectivity index (χ3n) is 2.42. The lowest BCUT2D eigenvalue weighted by Crippen LogP contribution is -1.76. The van der Waals surface area contributed by atoms with E-state index in [4.69, 9.17) is 11.6 Å². The fraction of sp³-hybridized carbons (Fsp3) is 0.0909. The van der Waals surface area contributed by atoms with E-state index < -0.39 is 0 Å². The van der Waals surface area contributed by atoms with E-state index in [-0.39, 0.29) is 0 Å². The summed E-state index contributed by atoms with van der Waals surface area (Å²) in [5.41, 5.74) is 2.67. The first kappa shape index (κ1) is 11.2. The number of imidazole rings is 1.